The number of para-hydroxylation sites is 2. The molecule has 0 unspecified atom stereocenters. The highest BCUT2D eigenvalue weighted by Crippen LogP contribution is 2.33. The van der Waals surface area contributed by atoms with Gasteiger partial charge in [-0.05, 0) is 73.7 Å². The normalized spacial score (nSPS) is 11.8. The average molecular weight is 600 g/mol. The molecule has 0 fully saturated rings. The van der Waals surface area contributed by atoms with Crippen molar-refractivity contribution < 1.29 is 27.5 Å². The van der Waals surface area contributed by atoms with Gasteiger partial charge in [-0.3, -0.25) is 13.9 Å². The van der Waals surface area contributed by atoms with E-state index < -0.39 is 28.5 Å². The van der Waals surface area contributed by atoms with Crippen LogP contribution in [-0.2, 0) is 26.2 Å². The highest BCUT2D eigenvalue weighted by molar-refractivity contribution is 7.98. The Kier molecular flexibility index (Phi) is 11.5. The summed E-state index contributed by atoms with van der Waals surface area (Å²) in [6.07, 6.45) is 2.24. The first-order chi connectivity index (χ1) is 19.7. The number of carbonyl (C=O) groups excluding carboxylic acids is 2. The quantitative estimate of drug-likeness (QED) is 0.271. The summed E-state index contributed by atoms with van der Waals surface area (Å²) >= 11 is 1.50. The molecule has 0 saturated carbocycles. The summed E-state index contributed by atoms with van der Waals surface area (Å²) in [5.41, 5.74) is 0.993. The number of amides is 2. The van der Waals surface area contributed by atoms with E-state index in [-0.39, 0.29) is 23.0 Å². The summed E-state index contributed by atoms with van der Waals surface area (Å²) in [6, 6.07) is 19.5. The minimum absolute atomic E-state index is 0.0365. The van der Waals surface area contributed by atoms with Gasteiger partial charge in [0.25, 0.3) is 10.0 Å². The maximum absolute atomic E-state index is 14.1. The summed E-state index contributed by atoms with van der Waals surface area (Å²) in [5.74, 6) is 0.104. The number of hydrogen-bond acceptors (Lipinski definition) is 7. The molecule has 2 amide bonds. The van der Waals surface area contributed by atoms with Crippen molar-refractivity contribution in [1.82, 2.24) is 10.2 Å². The third-order valence-corrected chi connectivity index (χ3v) is 9.02. The number of thioether (sulfide) groups is 1. The number of anilines is 1. The third-order valence-electron chi connectivity index (χ3n) is 6.50. The number of nitrogens with one attached hydrogen (secondary N) is 1. The van der Waals surface area contributed by atoms with Crippen LogP contribution in [0.1, 0.15) is 25.8 Å². The molecule has 3 aromatic rings. The summed E-state index contributed by atoms with van der Waals surface area (Å²) < 4.78 is 40.3. The van der Waals surface area contributed by atoms with Gasteiger partial charge in [0.05, 0.1) is 24.3 Å². The molecule has 220 valence electrons. The fourth-order valence-electron chi connectivity index (χ4n) is 4.34. The number of sulfonamides is 1. The smallest absolute Gasteiger partial charge is 0.264 e. The fraction of sp³-hybridized carbons (Fsp3) is 0.333. The standard InChI is InChI=1S/C30H37N3O6S2/c1-6-26(30(35)31-3)32(20-22-12-14-23(38-4)15-13-22)29(34)21-33(27-10-8-9-11-28(27)39-7-2)41(36,37)25-18-16-24(40-5)17-19-25/h8-19,26H,6-7,20-21H2,1-5H3,(H,31,35)/t26-/m0/s1. The van der Waals surface area contributed by atoms with Crippen LogP contribution in [0.4, 0.5) is 5.69 Å². The summed E-state index contributed by atoms with van der Waals surface area (Å²) in [4.78, 5) is 29.3. The van der Waals surface area contributed by atoms with E-state index in [1.54, 1.807) is 69.5 Å². The van der Waals surface area contributed by atoms with Crippen LogP contribution in [0.5, 0.6) is 11.5 Å². The number of carbonyl (C=O) groups is 2. The van der Waals surface area contributed by atoms with Gasteiger partial charge in [0.1, 0.15) is 24.1 Å². The SMILES string of the molecule is CCOc1ccccc1N(CC(=O)N(Cc1ccc(OC)cc1)[C@@H](CC)C(=O)NC)S(=O)(=O)c1ccc(SC)cc1. The number of hydrogen-bond donors (Lipinski definition) is 1. The lowest BCUT2D eigenvalue weighted by Gasteiger charge is -2.33. The van der Waals surface area contributed by atoms with Gasteiger partial charge >= 0.3 is 0 Å². The van der Waals surface area contributed by atoms with Crippen molar-refractivity contribution in [2.75, 3.05) is 37.9 Å². The summed E-state index contributed by atoms with van der Waals surface area (Å²) in [5, 5.41) is 2.63. The Hall–Kier alpha value is -3.70. The van der Waals surface area contributed by atoms with Crippen LogP contribution in [0.25, 0.3) is 0 Å². The van der Waals surface area contributed by atoms with E-state index in [2.05, 4.69) is 5.32 Å². The van der Waals surface area contributed by atoms with Gasteiger partial charge in [-0.1, -0.05) is 31.2 Å². The average Bonchev–Trinajstić information content (AvgIpc) is 3.00. The van der Waals surface area contributed by atoms with E-state index in [0.717, 1.165) is 14.8 Å². The number of ether oxygens (including phenoxy) is 2. The molecule has 41 heavy (non-hydrogen) atoms. The highest BCUT2D eigenvalue weighted by atomic mass is 32.2. The highest BCUT2D eigenvalue weighted by Gasteiger charge is 2.34. The van der Waals surface area contributed by atoms with Crippen LogP contribution >= 0.6 is 11.8 Å². The Balaban J connectivity index is 2.10. The second kappa shape index (κ2) is 14.8. The second-order valence-corrected chi connectivity index (χ2v) is 11.7. The molecular weight excluding hydrogens is 562 g/mol. The van der Waals surface area contributed by atoms with E-state index in [9.17, 15) is 18.0 Å². The Bertz CT molecular complexity index is 1410. The van der Waals surface area contributed by atoms with E-state index >= 15 is 0 Å². The first-order valence-corrected chi connectivity index (χ1v) is 15.9. The zero-order valence-electron chi connectivity index (χ0n) is 24.0. The Morgan fingerprint density at radius 3 is 2.20 bits per heavy atom. The van der Waals surface area contributed by atoms with Crippen molar-refractivity contribution >= 4 is 39.3 Å². The van der Waals surface area contributed by atoms with Crippen LogP contribution in [0, 0.1) is 0 Å². The predicted octanol–water partition coefficient (Wildman–Crippen LogP) is 4.56. The molecule has 1 atom stereocenters. The number of nitrogens with zero attached hydrogens (tertiary/aromatic N) is 2. The van der Waals surface area contributed by atoms with Gasteiger partial charge in [-0.15, -0.1) is 11.8 Å². The first kappa shape index (κ1) is 31.8. The summed E-state index contributed by atoms with van der Waals surface area (Å²) in [7, 11) is -1.14. The molecule has 3 rings (SSSR count). The molecule has 1 N–H and O–H groups in total. The molecule has 0 radical (unpaired) electrons. The summed E-state index contributed by atoms with van der Waals surface area (Å²) in [6.45, 7) is 3.46. The van der Waals surface area contributed by atoms with Crippen molar-refractivity contribution in [2.45, 2.75) is 42.6 Å². The lowest BCUT2D eigenvalue weighted by Crippen LogP contribution is -2.51. The minimum Gasteiger partial charge on any atom is -0.497 e. The molecule has 0 aliphatic rings. The molecule has 0 aliphatic carbocycles. The molecule has 0 heterocycles. The van der Waals surface area contributed by atoms with Crippen LogP contribution in [-0.4, -0.2) is 64.7 Å². The second-order valence-electron chi connectivity index (χ2n) is 9.00. The molecule has 0 aromatic heterocycles. The van der Waals surface area contributed by atoms with Crippen molar-refractivity contribution in [3.63, 3.8) is 0 Å². The van der Waals surface area contributed by atoms with Crippen molar-refractivity contribution in [3.05, 3.63) is 78.4 Å². The van der Waals surface area contributed by atoms with E-state index in [1.165, 1.54) is 35.8 Å². The molecule has 9 nitrogen and oxygen atoms in total. The first-order valence-electron chi connectivity index (χ1n) is 13.2. The maximum Gasteiger partial charge on any atom is 0.264 e. The van der Waals surface area contributed by atoms with Crippen molar-refractivity contribution in [1.29, 1.82) is 0 Å². The minimum atomic E-state index is -4.21. The van der Waals surface area contributed by atoms with Crippen molar-refractivity contribution in [3.8, 4) is 11.5 Å². The largest absolute Gasteiger partial charge is 0.497 e. The van der Waals surface area contributed by atoms with Crippen LogP contribution in [0.2, 0.25) is 0 Å². The van der Waals surface area contributed by atoms with Crippen LogP contribution < -0.4 is 19.1 Å². The van der Waals surface area contributed by atoms with Gasteiger partial charge in [0.15, 0.2) is 0 Å². The number of likely N-dealkylation sites (N-methyl/N-ethyl adjacent to an activating group) is 1. The number of benzene rings is 3. The van der Waals surface area contributed by atoms with E-state index in [0.29, 0.717) is 24.5 Å². The Morgan fingerprint density at radius 2 is 1.63 bits per heavy atom. The number of methoxy groups -OCH3 is 1. The Labute approximate surface area is 246 Å². The Morgan fingerprint density at radius 1 is 0.976 bits per heavy atom. The van der Waals surface area contributed by atoms with E-state index in [4.69, 9.17) is 9.47 Å². The van der Waals surface area contributed by atoms with E-state index in [1.807, 2.05) is 18.4 Å². The van der Waals surface area contributed by atoms with Crippen LogP contribution in [0.15, 0.2) is 82.6 Å². The molecule has 0 saturated heterocycles. The van der Waals surface area contributed by atoms with Gasteiger partial charge < -0.3 is 19.7 Å². The molecule has 3 aromatic carbocycles. The predicted molar refractivity (Wildman–Crippen MR) is 162 cm³/mol. The molecular formula is C30H37N3O6S2. The molecule has 0 bridgehead atoms. The molecule has 0 spiro atoms. The van der Waals surface area contributed by atoms with Gasteiger partial charge in [-0.2, -0.15) is 0 Å². The molecule has 0 aliphatic heterocycles. The van der Waals surface area contributed by atoms with Gasteiger partial charge in [0, 0.05) is 18.5 Å². The topological polar surface area (TPSA) is 105 Å². The van der Waals surface area contributed by atoms with Crippen molar-refractivity contribution in [2.24, 2.45) is 0 Å². The molecule has 11 heteroatoms. The zero-order valence-corrected chi connectivity index (χ0v) is 25.6. The monoisotopic (exact) mass is 599 g/mol. The van der Waals surface area contributed by atoms with Gasteiger partial charge in [-0.25, -0.2) is 8.42 Å². The van der Waals surface area contributed by atoms with Crippen LogP contribution in [0.3, 0.4) is 0 Å². The fourth-order valence-corrected chi connectivity index (χ4v) is 6.18. The maximum atomic E-state index is 14.1. The lowest BCUT2D eigenvalue weighted by molar-refractivity contribution is -0.140. The third kappa shape index (κ3) is 7.74. The lowest BCUT2D eigenvalue weighted by atomic mass is 10.1. The zero-order chi connectivity index (χ0) is 30.0. The van der Waals surface area contributed by atoms with Gasteiger partial charge in [0.2, 0.25) is 11.8 Å². The number of rotatable bonds is 14.